The van der Waals surface area contributed by atoms with Crippen LogP contribution in [0.2, 0.25) is 0 Å². The van der Waals surface area contributed by atoms with Gasteiger partial charge in [0.2, 0.25) is 0 Å². The van der Waals surface area contributed by atoms with Gasteiger partial charge >= 0.3 is 0 Å². The predicted octanol–water partition coefficient (Wildman–Crippen LogP) is 4.50. The van der Waals surface area contributed by atoms with Crippen molar-refractivity contribution in [1.29, 1.82) is 0 Å². The van der Waals surface area contributed by atoms with Gasteiger partial charge in [0, 0.05) is 16.3 Å². The Balaban J connectivity index is 1.70. The van der Waals surface area contributed by atoms with Crippen molar-refractivity contribution in [3.8, 4) is 10.6 Å². The van der Waals surface area contributed by atoms with Crippen LogP contribution < -0.4 is 5.32 Å². The lowest BCUT2D eigenvalue weighted by atomic mass is 10.1. The summed E-state index contributed by atoms with van der Waals surface area (Å²) in [5, 5.41) is 9.44. The largest absolute Gasteiger partial charge is 0.344 e. The van der Waals surface area contributed by atoms with Crippen molar-refractivity contribution in [3.63, 3.8) is 0 Å². The molecule has 1 atom stereocenters. The Morgan fingerprint density at radius 2 is 2.00 bits per heavy atom. The van der Waals surface area contributed by atoms with E-state index in [1.54, 1.807) is 28.8 Å². The second kappa shape index (κ2) is 6.37. The van der Waals surface area contributed by atoms with Crippen LogP contribution in [0.1, 0.15) is 29.0 Å². The van der Waals surface area contributed by atoms with E-state index in [1.807, 2.05) is 23.8 Å². The quantitative estimate of drug-likeness (QED) is 0.764. The Bertz CT molecular complexity index is 766. The zero-order chi connectivity index (χ0) is 15.5. The van der Waals surface area contributed by atoms with Gasteiger partial charge in [-0.3, -0.25) is 4.79 Å². The van der Waals surface area contributed by atoms with Crippen LogP contribution in [0.15, 0.2) is 46.5 Å². The molecule has 1 amide bonds. The maximum atomic E-state index is 12.9. The molecule has 0 unspecified atom stereocenters. The molecule has 2 aromatic heterocycles. The van der Waals surface area contributed by atoms with Crippen LogP contribution in [0.4, 0.5) is 4.39 Å². The lowest BCUT2D eigenvalue weighted by Gasteiger charge is -2.13. The Kier molecular flexibility index (Phi) is 4.31. The van der Waals surface area contributed by atoms with Crippen LogP contribution in [0, 0.1) is 5.82 Å². The molecule has 0 aliphatic heterocycles. The summed E-state index contributed by atoms with van der Waals surface area (Å²) in [6, 6.07) is 7.87. The third kappa shape index (κ3) is 3.23. The van der Waals surface area contributed by atoms with Gasteiger partial charge in [-0.2, -0.15) is 11.3 Å². The molecule has 0 saturated carbocycles. The van der Waals surface area contributed by atoms with Crippen LogP contribution >= 0.6 is 22.7 Å². The molecule has 3 rings (SSSR count). The van der Waals surface area contributed by atoms with Crippen LogP contribution in [0.25, 0.3) is 10.6 Å². The van der Waals surface area contributed by atoms with E-state index in [4.69, 9.17) is 0 Å². The van der Waals surface area contributed by atoms with Gasteiger partial charge in [-0.1, -0.05) is 12.1 Å². The van der Waals surface area contributed by atoms with Gasteiger partial charge < -0.3 is 5.32 Å². The molecule has 1 N–H and O–H groups in total. The Morgan fingerprint density at radius 3 is 2.68 bits per heavy atom. The van der Waals surface area contributed by atoms with Crippen LogP contribution in [0.5, 0.6) is 0 Å². The van der Waals surface area contributed by atoms with Crippen molar-refractivity contribution in [2.24, 2.45) is 0 Å². The molecular formula is C16H13FN2OS2. The number of aromatic nitrogens is 1. The molecule has 0 saturated heterocycles. The van der Waals surface area contributed by atoms with Crippen LogP contribution in [-0.2, 0) is 0 Å². The van der Waals surface area contributed by atoms with Crippen molar-refractivity contribution in [2.45, 2.75) is 13.0 Å². The standard InChI is InChI=1S/C16H13FN2OS2/c1-10(11-2-4-13(17)5-3-11)18-15(20)14-9-22-16(19-14)12-6-7-21-8-12/h2-10H,1H3,(H,18,20)/t10-/m1/s1. The first kappa shape index (κ1) is 14.9. The fourth-order valence-electron chi connectivity index (χ4n) is 2.00. The minimum absolute atomic E-state index is 0.209. The Labute approximate surface area is 135 Å². The fraction of sp³-hybridized carbons (Fsp3) is 0.125. The van der Waals surface area contributed by atoms with E-state index in [9.17, 15) is 9.18 Å². The van der Waals surface area contributed by atoms with Gasteiger partial charge in [0.05, 0.1) is 6.04 Å². The first-order valence-corrected chi connectivity index (χ1v) is 8.50. The van der Waals surface area contributed by atoms with Gasteiger partial charge in [-0.05, 0) is 36.1 Å². The number of nitrogens with zero attached hydrogens (tertiary/aromatic N) is 1. The highest BCUT2D eigenvalue weighted by Crippen LogP contribution is 2.26. The number of rotatable bonds is 4. The first-order chi connectivity index (χ1) is 10.6. The lowest BCUT2D eigenvalue weighted by molar-refractivity contribution is 0.0935. The zero-order valence-corrected chi connectivity index (χ0v) is 13.4. The molecule has 0 radical (unpaired) electrons. The molecule has 0 aliphatic rings. The summed E-state index contributed by atoms with van der Waals surface area (Å²) in [7, 11) is 0. The van der Waals surface area contributed by atoms with E-state index < -0.39 is 0 Å². The van der Waals surface area contributed by atoms with Crippen molar-refractivity contribution in [1.82, 2.24) is 10.3 Å². The zero-order valence-electron chi connectivity index (χ0n) is 11.7. The molecule has 3 aromatic rings. The normalized spacial score (nSPS) is 12.1. The maximum Gasteiger partial charge on any atom is 0.271 e. The number of hydrogen-bond acceptors (Lipinski definition) is 4. The second-order valence-electron chi connectivity index (χ2n) is 4.80. The van der Waals surface area contributed by atoms with E-state index in [0.29, 0.717) is 5.69 Å². The average Bonchev–Trinajstić information content (AvgIpc) is 3.19. The van der Waals surface area contributed by atoms with Crippen molar-refractivity contribution < 1.29 is 9.18 Å². The number of halogens is 1. The molecule has 6 heteroatoms. The number of thiophene rings is 1. The molecule has 112 valence electrons. The summed E-state index contributed by atoms with van der Waals surface area (Å²) in [5.41, 5.74) is 2.28. The summed E-state index contributed by atoms with van der Waals surface area (Å²) >= 11 is 3.04. The van der Waals surface area contributed by atoms with E-state index in [0.717, 1.165) is 16.1 Å². The monoisotopic (exact) mass is 332 g/mol. The molecule has 0 spiro atoms. The van der Waals surface area contributed by atoms with E-state index in [2.05, 4.69) is 10.3 Å². The van der Waals surface area contributed by atoms with E-state index >= 15 is 0 Å². The van der Waals surface area contributed by atoms with Crippen molar-refractivity contribution in [3.05, 3.63) is 63.5 Å². The summed E-state index contributed by atoms with van der Waals surface area (Å²) < 4.78 is 12.9. The van der Waals surface area contributed by atoms with Crippen molar-refractivity contribution >= 4 is 28.6 Å². The average molecular weight is 332 g/mol. The van der Waals surface area contributed by atoms with E-state index in [1.165, 1.54) is 23.5 Å². The minimum Gasteiger partial charge on any atom is -0.344 e. The molecule has 0 bridgehead atoms. The molecule has 0 aliphatic carbocycles. The molecule has 22 heavy (non-hydrogen) atoms. The van der Waals surface area contributed by atoms with Crippen molar-refractivity contribution in [2.75, 3.05) is 0 Å². The van der Waals surface area contributed by atoms with Gasteiger partial charge in [-0.25, -0.2) is 9.37 Å². The fourth-order valence-corrected chi connectivity index (χ4v) is 3.51. The van der Waals surface area contributed by atoms with Gasteiger partial charge in [0.15, 0.2) is 0 Å². The van der Waals surface area contributed by atoms with Gasteiger partial charge in [0.1, 0.15) is 16.5 Å². The maximum absolute atomic E-state index is 12.9. The molecule has 2 heterocycles. The number of benzene rings is 1. The molecule has 1 aromatic carbocycles. The first-order valence-electron chi connectivity index (χ1n) is 6.68. The van der Waals surface area contributed by atoms with Crippen LogP contribution in [-0.4, -0.2) is 10.9 Å². The van der Waals surface area contributed by atoms with Crippen LogP contribution in [0.3, 0.4) is 0 Å². The third-order valence-corrected chi connectivity index (χ3v) is 4.80. The summed E-state index contributed by atoms with van der Waals surface area (Å²) in [6.07, 6.45) is 0. The van der Waals surface area contributed by atoms with Gasteiger partial charge in [0.25, 0.3) is 5.91 Å². The number of carbonyl (C=O) groups excluding carboxylic acids is 1. The third-order valence-electron chi connectivity index (χ3n) is 3.22. The summed E-state index contributed by atoms with van der Waals surface area (Å²) in [6.45, 7) is 1.86. The number of hydrogen-bond donors (Lipinski definition) is 1. The molecular weight excluding hydrogens is 319 g/mol. The van der Waals surface area contributed by atoms with Gasteiger partial charge in [-0.15, -0.1) is 11.3 Å². The summed E-state index contributed by atoms with van der Waals surface area (Å²) in [5.74, 6) is -0.517. The number of thiazole rings is 1. The topological polar surface area (TPSA) is 42.0 Å². The lowest BCUT2D eigenvalue weighted by Crippen LogP contribution is -2.26. The molecule has 0 fully saturated rings. The number of amides is 1. The smallest absolute Gasteiger partial charge is 0.271 e. The molecule has 3 nitrogen and oxygen atoms in total. The summed E-state index contributed by atoms with van der Waals surface area (Å²) in [4.78, 5) is 16.6. The minimum atomic E-state index is -0.290. The number of carbonyl (C=O) groups is 1. The SMILES string of the molecule is C[C@@H](NC(=O)c1csc(-c2ccsc2)n1)c1ccc(F)cc1. The highest BCUT2D eigenvalue weighted by Gasteiger charge is 2.15. The van der Waals surface area contributed by atoms with E-state index in [-0.39, 0.29) is 17.8 Å². The highest BCUT2D eigenvalue weighted by atomic mass is 32.1. The Morgan fingerprint density at radius 1 is 1.23 bits per heavy atom. The second-order valence-corrected chi connectivity index (χ2v) is 6.43. The highest BCUT2D eigenvalue weighted by molar-refractivity contribution is 7.14. The Hall–Kier alpha value is -2.05. The number of nitrogens with one attached hydrogen (secondary N) is 1. The predicted molar refractivity (Wildman–Crippen MR) is 87.7 cm³/mol.